The number of aryl methyl sites for hydroxylation is 1. The van der Waals surface area contributed by atoms with Crippen LogP contribution >= 0.6 is 23.2 Å². The first-order valence-corrected chi connectivity index (χ1v) is 6.42. The van der Waals surface area contributed by atoms with E-state index in [0.717, 1.165) is 28.4 Å². The largest absolute Gasteiger partial charge is 0.497 e. The molecule has 2 rings (SSSR count). The zero-order valence-corrected chi connectivity index (χ0v) is 11.4. The number of halogens is 2. The van der Waals surface area contributed by atoms with Gasteiger partial charge in [-0.3, -0.25) is 4.79 Å². The number of benzene rings is 2. The van der Waals surface area contributed by atoms with Gasteiger partial charge in [0.15, 0.2) is 6.29 Å². The van der Waals surface area contributed by atoms with Gasteiger partial charge in [0.05, 0.1) is 12.1 Å². The van der Waals surface area contributed by atoms with Crippen molar-refractivity contribution in [3.63, 3.8) is 0 Å². The molecule has 0 spiro atoms. The summed E-state index contributed by atoms with van der Waals surface area (Å²) in [6.45, 7) is 0. The molecular weight excluding hydrogens is 271 g/mol. The van der Waals surface area contributed by atoms with E-state index in [-0.39, 0.29) is 0 Å². The normalized spacial score (nSPS) is 10.6. The average molecular weight is 283 g/mol. The maximum atomic E-state index is 11.2. The van der Waals surface area contributed by atoms with Crippen LogP contribution in [0.3, 0.4) is 0 Å². The minimum absolute atomic E-state index is 0.466. The van der Waals surface area contributed by atoms with Crippen molar-refractivity contribution in [2.45, 2.75) is 6.42 Å². The quantitative estimate of drug-likeness (QED) is 0.624. The van der Waals surface area contributed by atoms with Gasteiger partial charge >= 0.3 is 0 Å². The van der Waals surface area contributed by atoms with Crippen molar-refractivity contribution in [2.24, 2.45) is 0 Å². The molecule has 0 aromatic heterocycles. The Hall–Kier alpha value is -1.25. The van der Waals surface area contributed by atoms with Crippen LogP contribution in [-0.4, -0.2) is 19.3 Å². The van der Waals surface area contributed by atoms with Crippen molar-refractivity contribution >= 4 is 40.3 Å². The van der Waals surface area contributed by atoms with E-state index in [1.807, 2.05) is 24.3 Å². The zero-order chi connectivity index (χ0) is 13.1. The molecule has 0 radical (unpaired) electrons. The Balaban J connectivity index is 2.74. The Kier molecular flexibility index (Phi) is 4.10. The van der Waals surface area contributed by atoms with Crippen LogP contribution in [0.25, 0.3) is 10.8 Å². The Morgan fingerprint density at radius 3 is 2.72 bits per heavy atom. The van der Waals surface area contributed by atoms with E-state index in [2.05, 4.69) is 0 Å². The van der Waals surface area contributed by atoms with E-state index >= 15 is 0 Å². The molecule has 2 aromatic carbocycles. The summed E-state index contributed by atoms with van der Waals surface area (Å²) < 4.78 is 5.18. The molecule has 94 valence electrons. The Morgan fingerprint density at radius 2 is 2.11 bits per heavy atom. The average Bonchev–Trinajstić information content (AvgIpc) is 2.39. The van der Waals surface area contributed by atoms with Crippen molar-refractivity contribution in [3.8, 4) is 5.75 Å². The van der Waals surface area contributed by atoms with E-state index in [4.69, 9.17) is 27.9 Å². The SMILES string of the molecule is COc1ccc2c(C=O)c(Cl)c(CCCl)cc2c1. The lowest BCUT2D eigenvalue weighted by Gasteiger charge is -2.10. The lowest BCUT2D eigenvalue weighted by Crippen LogP contribution is -1.95. The first-order valence-electron chi connectivity index (χ1n) is 5.51. The topological polar surface area (TPSA) is 26.3 Å². The van der Waals surface area contributed by atoms with Crippen molar-refractivity contribution < 1.29 is 9.53 Å². The van der Waals surface area contributed by atoms with Gasteiger partial charge in [0.1, 0.15) is 5.75 Å². The number of aldehydes is 1. The molecule has 4 heteroatoms. The third kappa shape index (κ3) is 2.31. The van der Waals surface area contributed by atoms with Gasteiger partial charge in [-0.25, -0.2) is 0 Å². The summed E-state index contributed by atoms with van der Waals surface area (Å²) >= 11 is 12.0. The van der Waals surface area contributed by atoms with Crippen molar-refractivity contribution in [3.05, 3.63) is 40.4 Å². The summed E-state index contributed by atoms with van der Waals surface area (Å²) in [5.74, 6) is 1.21. The fourth-order valence-corrected chi connectivity index (χ4v) is 2.47. The van der Waals surface area contributed by atoms with Gasteiger partial charge in [-0.2, -0.15) is 0 Å². The fraction of sp³-hybridized carbons (Fsp3) is 0.214. The minimum atomic E-state index is 0.466. The molecular formula is C14H12Cl2O2. The second-order valence-corrected chi connectivity index (χ2v) is 4.66. The number of hydrogen-bond donors (Lipinski definition) is 0. The van der Waals surface area contributed by atoms with E-state index < -0.39 is 0 Å². The monoisotopic (exact) mass is 282 g/mol. The molecule has 0 amide bonds. The van der Waals surface area contributed by atoms with Crippen LogP contribution in [0.1, 0.15) is 15.9 Å². The highest BCUT2D eigenvalue weighted by molar-refractivity contribution is 6.35. The van der Waals surface area contributed by atoms with Crippen LogP contribution in [0.15, 0.2) is 24.3 Å². The van der Waals surface area contributed by atoms with Gasteiger partial charge in [0.25, 0.3) is 0 Å². The zero-order valence-electron chi connectivity index (χ0n) is 9.87. The molecule has 0 heterocycles. The number of carbonyl (C=O) groups is 1. The van der Waals surface area contributed by atoms with Crippen LogP contribution in [0.5, 0.6) is 5.75 Å². The van der Waals surface area contributed by atoms with Gasteiger partial charge in [-0.05, 0) is 47.0 Å². The van der Waals surface area contributed by atoms with Crippen molar-refractivity contribution in [2.75, 3.05) is 13.0 Å². The predicted octanol–water partition coefficient (Wildman–Crippen LogP) is 4.10. The second-order valence-electron chi connectivity index (χ2n) is 3.91. The standard InChI is InChI=1S/C14H12Cl2O2/c1-18-11-2-3-12-10(7-11)6-9(4-5-15)14(16)13(12)8-17/h2-3,6-8H,4-5H2,1H3. The summed E-state index contributed by atoms with van der Waals surface area (Å²) in [5.41, 5.74) is 1.39. The highest BCUT2D eigenvalue weighted by Gasteiger charge is 2.11. The Bertz CT molecular complexity index is 594. The third-order valence-corrected chi connectivity index (χ3v) is 3.51. The molecule has 0 bridgehead atoms. The number of methoxy groups -OCH3 is 1. The number of carbonyl (C=O) groups excluding carboxylic acids is 1. The number of fused-ring (bicyclic) bond motifs is 1. The molecule has 0 atom stereocenters. The lowest BCUT2D eigenvalue weighted by atomic mass is 10.00. The number of rotatable bonds is 4. The minimum Gasteiger partial charge on any atom is -0.497 e. The molecule has 2 nitrogen and oxygen atoms in total. The third-order valence-electron chi connectivity index (χ3n) is 2.88. The molecule has 0 unspecified atom stereocenters. The lowest BCUT2D eigenvalue weighted by molar-refractivity contribution is 0.112. The van der Waals surface area contributed by atoms with E-state index in [1.165, 1.54) is 0 Å². The van der Waals surface area contributed by atoms with Crippen LogP contribution in [0, 0.1) is 0 Å². The Labute approximate surface area is 115 Å². The van der Waals surface area contributed by atoms with Crippen molar-refractivity contribution in [1.29, 1.82) is 0 Å². The molecule has 0 saturated heterocycles. The number of alkyl halides is 1. The van der Waals surface area contributed by atoms with Gasteiger partial charge in [-0.1, -0.05) is 11.6 Å². The molecule has 0 aliphatic rings. The molecule has 2 aromatic rings. The number of ether oxygens (including phenoxy) is 1. The first-order chi connectivity index (χ1) is 8.71. The van der Waals surface area contributed by atoms with E-state index in [9.17, 15) is 4.79 Å². The van der Waals surface area contributed by atoms with Gasteiger partial charge in [-0.15, -0.1) is 11.6 Å². The van der Waals surface area contributed by atoms with Crippen LogP contribution < -0.4 is 4.74 Å². The summed E-state index contributed by atoms with van der Waals surface area (Å²) in [4.78, 5) is 11.2. The van der Waals surface area contributed by atoms with Crippen molar-refractivity contribution in [1.82, 2.24) is 0 Å². The van der Waals surface area contributed by atoms with Crippen LogP contribution in [-0.2, 0) is 6.42 Å². The molecule has 0 aliphatic heterocycles. The molecule has 0 N–H and O–H groups in total. The summed E-state index contributed by atoms with van der Waals surface area (Å²) in [6, 6.07) is 7.49. The molecule has 18 heavy (non-hydrogen) atoms. The first kappa shape index (κ1) is 13.2. The second kappa shape index (κ2) is 5.59. The summed E-state index contributed by atoms with van der Waals surface area (Å²) in [6.07, 6.45) is 1.42. The smallest absolute Gasteiger partial charge is 0.152 e. The maximum absolute atomic E-state index is 11.2. The highest BCUT2D eigenvalue weighted by atomic mass is 35.5. The van der Waals surface area contributed by atoms with E-state index in [1.54, 1.807) is 7.11 Å². The van der Waals surface area contributed by atoms with Crippen LogP contribution in [0.4, 0.5) is 0 Å². The predicted molar refractivity (Wildman–Crippen MR) is 75.3 cm³/mol. The van der Waals surface area contributed by atoms with Gasteiger partial charge in [0, 0.05) is 11.4 Å². The maximum Gasteiger partial charge on any atom is 0.152 e. The fourth-order valence-electron chi connectivity index (χ4n) is 1.97. The molecule has 0 aliphatic carbocycles. The van der Waals surface area contributed by atoms with Crippen LogP contribution in [0.2, 0.25) is 5.02 Å². The van der Waals surface area contributed by atoms with E-state index in [0.29, 0.717) is 22.9 Å². The molecule has 0 saturated carbocycles. The Morgan fingerprint density at radius 1 is 1.33 bits per heavy atom. The highest BCUT2D eigenvalue weighted by Crippen LogP contribution is 2.31. The van der Waals surface area contributed by atoms with Gasteiger partial charge in [0.2, 0.25) is 0 Å². The molecule has 0 fully saturated rings. The number of hydrogen-bond acceptors (Lipinski definition) is 2. The summed E-state index contributed by atoms with van der Waals surface area (Å²) in [5, 5.41) is 2.25. The van der Waals surface area contributed by atoms with Gasteiger partial charge < -0.3 is 4.74 Å². The summed E-state index contributed by atoms with van der Waals surface area (Å²) in [7, 11) is 1.61.